The molecule has 0 saturated heterocycles. The average Bonchev–Trinajstić information content (AvgIpc) is 2.91. The van der Waals surface area contributed by atoms with E-state index in [0.717, 1.165) is 37.5 Å². The van der Waals surface area contributed by atoms with Crippen LogP contribution in [-0.2, 0) is 6.42 Å². The lowest BCUT2D eigenvalue weighted by Gasteiger charge is -2.20. The highest BCUT2D eigenvalue weighted by Gasteiger charge is 2.17. The van der Waals surface area contributed by atoms with Gasteiger partial charge < -0.3 is 15.0 Å². The Bertz CT molecular complexity index is 583. The van der Waals surface area contributed by atoms with Gasteiger partial charge in [-0.3, -0.25) is 0 Å². The van der Waals surface area contributed by atoms with Gasteiger partial charge >= 0.3 is 0 Å². The Morgan fingerprint density at radius 3 is 2.80 bits per heavy atom. The molecule has 0 amide bonds. The minimum atomic E-state index is 0.898. The lowest BCUT2D eigenvalue weighted by Crippen LogP contribution is -2.27. The number of hydrogen-bond acceptors (Lipinski definition) is 3. The molecule has 1 aliphatic heterocycles. The first kappa shape index (κ1) is 12.9. The van der Waals surface area contributed by atoms with E-state index in [9.17, 15) is 0 Å². The monoisotopic (exact) mass is 268 g/mol. The zero-order valence-electron chi connectivity index (χ0n) is 11.8. The number of ether oxygens (including phenoxy) is 1. The molecule has 0 bridgehead atoms. The Kier molecular flexibility index (Phi) is 3.77. The van der Waals surface area contributed by atoms with Gasteiger partial charge in [0.2, 0.25) is 0 Å². The SMILES string of the molecule is COc1ccccc1NCCN1CCc2ccccc21. The third-order valence-electron chi connectivity index (χ3n) is 3.79. The smallest absolute Gasteiger partial charge is 0.141 e. The van der Waals surface area contributed by atoms with Gasteiger partial charge in [-0.05, 0) is 30.2 Å². The van der Waals surface area contributed by atoms with Gasteiger partial charge in [0, 0.05) is 25.3 Å². The summed E-state index contributed by atoms with van der Waals surface area (Å²) in [5.41, 5.74) is 3.90. The molecule has 2 aromatic rings. The quantitative estimate of drug-likeness (QED) is 0.901. The summed E-state index contributed by atoms with van der Waals surface area (Å²) in [5.74, 6) is 0.898. The first-order valence-electron chi connectivity index (χ1n) is 7.08. The van der Waals surface area contributed by atoms with E-state index in [-0.39, 0.29) is 0 Å². The van der Waals surface area contributed by atoms with Gasteiger partial charge in [-0.2, -0.15) is 0 Å². The molecule has 0 aliphatic carbocycles. The molecule has 3 heteroatoms. The molecule has 104 valence electrons. The maximum atomic E-state index is 5.35. The second kappa shape index (κ2) is 5.87. The van der Waals surface area contributed by atoms with E-state index < -0.39 is 0 Å². The van der Waals surface area contributed by atoms with Crippen molar-refractivity contribution >= 4 is 11.4 Å². The molecular weight excluding hydrogens is 248 g/mol. The second-order valence-electron chi connectivity index (χ2n) is 4.99. The molecule has 20 heavy (non-hydrogen) atoms. The summed E-state index contributed by atoms with van der Waals surface area (Å²) in [6.45, 7) is 3.04. The zero-order valence-corrected chi connectivity index (χ0v) is 11.8. The Labute approximate surface area is 120 Å². The average molecular weight is 268 g/mol. The van der Waals surface area contributed by atoms with Crippen molar-refractivity contribution in [2.45, 2.75) is 6.42 Å². The first-order valence-corrected chi connectivity index (χ1v) is 7.08. The molecule has 0 spiro atoms. The normalized spacial score (nSPS) is 13.2. The van der Waals surface area contributed by atoms with Crippen molar-refractivity contribution in [2.75, 3.05) is 37.0 Å². The topological polar surface area (TPSA) is 24.5 Å². The Balaban J connectivity index is 1.59. The Morgan fingerprint density at radius 1 is 1.10 bits per heavy atom. The van der Waals surface area contributed by atoms with E-state index in [4.69, 9.17) is 4.74 Å². The minimum Gasteiger partial charge on any atom is -0.495 e. The highest BCUT2D eigenvalue weighted by Crippen LogP contribution is 2.27. The summed E-state index contributed by atoms with van der Waals surface area (Å²) < 4.78 is 5.35. The van der Waals surface area contributed by atoms with E-state index in [1.807, 2.05) is 18.2 Å². The van der Waals surface area contributed by atoms with Crippen LogP contribution in [0.15, 0.2) is 48.5 Å². The van der Waals surface area contributed by atoms with E-state index in [2.05, 4.69) is 40.5 Å². The molecule has 2 aromatic carbocycles. The molecule has 1 N–H and O–H groups in total. The van der Waals surface area contributed by atoms with E-state index in [1.165, 1.54) is 11.3 Å². The third kappa shape index (κ3) is 2.57. The first-order chi connectivity index (χ1) is 9.88. The maximum Gasteiger partial charge on any atom is 0.141 e. The largest absolute Gasteiger partial charge is 0.495 e. The van der Waals surface area contributed by atoms with Crippen LogP contribution in [-0.4, -0.2) is 26.7 Å². The number of fused-ring (bicyclic) bond motifs is 1. The van der Waals surface area contributed by atoms with Crippen molar-refractivity contribution in [3.8, 4) is 5.75 Å². The number of benzene rings is 2. The molecule has 1 aliphatic rings. The van der Waals surface area contributed by atoms with Crippen LogP contribution >= 0.6 is 0 Å². The fraction of sp³-hybridized carbons (Fsp3) is 0.294. The van der Waals surface area contributed by atoms with Crippen LogP contribution in [0.25, 0.3) is 0 Å². The molecular formula is C17H20N2O. The summed E-state index contributed by atoms with van der Waals surface area (Å²) in [6.07, 6.45) is 1.16. The Morgan fingerprint density at radius 2 is 1.90 bits per heavy atom. The van der Waals surface area contributed by atoms with Gasteiger partial charge in [0.1, 0.15) is 5.75 Å². The predicted molar refractivity (Wildman–Crippen MR) is 83.8 cm³/mol. The lowest BCUT2D eigenvalue weighted by atomic mass is 10.2. The van der Waals surface area contributed by atoms with E-state index in [1.54, 1.807) is 7.11 Å². The van der Waals surface area contributed by atoms with Gasteiger partial charge in [0.25, 0.3) is 0 Å². The highest BCUT2D eigenvalue weighted by molar-refractivity contribution is 5.59. The summed E-state index contributed by atoms with van der Waals surface area (Å²) >= 11 is 0. The fourth-order valence-electron chi connectivity index (χ4n) is 2.76. The Hall–Kier alpha value is -2.16. The molecule has 1 heterocycles. The van der Waals surface area contributed by atoms with Crippen LogP contribution in [0.3, 0.4) is 0 Å². The number of nitrogens with one attached hydrogen (secondary N) is 1. The molecule has 0 saturated carbocycles. The summed E-state index contributed by atoms with van der Waals surface area (Å²) in [5, 5.41) is 3.46. The van der Waals surface area contributed by atoms with Crippen LogP contribution in [0, 0.1) is 0 Å². The van der Waals surface area contributed by atoms with Crippen LogP contribution in [0.2, 0.25) is 0 Å². The van der Waals surface area contributed by atoms with Crippen molar-refractivity contribution in [2.24, 2.45) is 0 Å². The maximum absolute atomic E-state index is 5.35. The zero-order chi connectivity index (χ0) is 13.8. The van der Waals surface area contributed by atoms with Crippen molar-refractivity contribution in [1.29, 1.82) is 0 Å². The third-order valence-corrected chi connectivity index (χ3v) is 3.79. The van der Waals surface area contributed by atoms with Crippen LogP contribution in [0.1, 0.15) is 5.56 Å². The molecule has 0 atom stereocenters. The number of nitrogens with zero attached hydrogens (tertiary/aromatic N) is 1. The second-order valence-corrected chi connectivity index (χ2v) is 4.99. The number of hydrogen-bond donors (Lipinski definition) is 1. The van der Waals surface area contributed by atoms with Crippen molar-refractivity contribution < 1.29 is 4.74 Å². The van der Waals surface area contributed by atoms with Crippen molar-refractivity contribution in [1.82, 2.24) is 0 Å². The molecule has 0 unspecified atom stereocenters. The van der Waals surface area contributed by atoms with Gasteiger partial charge in [0.05, 0.1) is 12.8 Å². The molecule has 0 fully saturated rings. The summed E-state index contributed by atoms with van der Waals surface area (Å²) in [7, 11) is 1.71. The van der Waals surface area contributed by atoms with Crippen LogP contribution in [0.5, 0.6) is 5.75 Å². The molecule has 0 aromatic heterocycles. The van der Waals surface area contributed by atoms with Gasteiger partial charge in [-0.15, -0.1) is 0 Å². The standard InChI is InChI=1S/C17H20N2O/c1-20-17-9-5-3-7-15(17)18-11-13-19-12-10-14-6-2-4-8-16(14)19/h2-9,18H,10-13H2,1H3. The fourth-order valence-corrected chi connectivity index (χ4v) is 2.76. The van der Waals surface area contributed by atoms with Crippen molar-refractivity contribution in [3.05, 3.63) is 54.1 Å². The minimum absolute atomic E-state index is 0.898. The van der Waals surface area contributed by atoms with Crippen LogP contribution in [0.4, 0.5) is 11.4 Å². The van der Waals surface area contributed by atoms with Gasteiger partial charge in [-0.1, -0.05) is 30.3 Å². The number of para-hydroxylation sites is 3. The van der Waals surface area contributed by atoms with E-state index in [0.29, 0.717) is 0 Å². The number of methoxy groups -OCH3 is 1. The predicted octanol–water partition coefficient (Wildman–Crippen LogP) is 3.17. The lowest BCUT2D eigenvalue weighted by molar-refractivity contribution is 0.416. The van der Waals surface area contributed by atoms with Crippen LogP contribution < -0.4 is 15.0 Å². The van der Waals surface area contributed by atoms with E-state index >= 15 is 0 Å². The molecule has 3 nitrogen and oxygen atoms in total. The number of rotatable bonds is 5. The number of anilines is 2. The summed E-state index contributed by atoms with van der Waals surface area (Å²) in [6, 6.07) is 16.7. The summed E-state index contributed by atoms with van der Waals surface area (Å²) in [4.78, 5) is 2.44. The molecule has 3 rings (SSSR count). The van der Waals surface area contributed by atoms with Gasteiger partial charge in [-0.25, -0.2) is 0 Å². The molecule has 0 radical (unpaired) electrons. The van der Waals surface area contributed by atoms with Crippen molar-refractivity contribution in [3.63, 3.8) is 0 Å². The van der Waals surface area contributed by atoms with Gasteiger partial charge in [0.15, 0.2) is 0 Å². The highest BCUT2D eigenvalue weighted by atomic mass is 16.5.